The average molecular weight is 308 g/mol. The molecule has 1 aliphatic rings. The van der Waals surface area contributed by atoms with Gasteiger partial charge < -0.3 is 14.4 Å². The Labute approximate surface area is 126 Å². The lowest BCUT2D eigenvalue weighted by atomic mass is 9.99. The van der Waals surface area contributed by atoms with Gasteiger partial charge >= 0.3 is 5.97 Å². The maximum Gasteiger partial charge on any atom is 0.308 e. The second kappa shape index (κ2) is 5.07. The highest BCUT2D eigenvalue weighted by atomic mass is 35.5. The molecule has 0 radical (unpaired) electrons. The van der Waals surface area contributed by atoms with E-state index in [0.717, 1.165) is 5.39 Å². The van der Waals surface area contributed by atoms with Crippen LogP contribution >= 0.6 is 11.6 Å². The number of carbonyl (C=O) groups is 2. The van der Waals surface area contributed by atoms with E-state index in [4.69, 9.17) is 21.1 Å². The van der Waals surface area contributed by atoms with Crippen molar-refractivity contribution in [2.24, 2.45) is 11.8 Å². The summed E-state index contributed by atoms with van der Waals surface area (Å²) in [5.74, 6) is -1.52. The topological polar surface area (TPSA) is 70.8 Å². The second-order valence-electron chi connectivity index (χ2n) is 5.42. The molecule has 0 saturated carbocycles. The van der Waals surface area contributed by atoms with Crippen molar-refractivity contribution in [3.8, 4) is 0 Å². The van der Waals surface area contributed by atoms with Crippen LogP contribution in [0, 0.1) is 11.8 Å². The first-order chi connectivity index (χ1) is 9.95. The van der Waals surface area contributed by atoms with Crippen molar-refractivity contribution in [1.82, 2.24) is 4.90 Å². The highest BCUT2D eigenvalue weighted by Crippen LogP contribution is 2.28. The molecule has 6 heteroatoms. The Balaban J connectivity index is 1.86. The minimum atomic E-state index is -0.866. The third-order valence-corrected chi connectivity index (χ3v) is 4.14. The van der Waals surface area contributed by atoms with Gasteiger partial charge in [-0.3, -0.25) is 9.59 Å². The molecular formula is C15H14ClNO4. The van der Waals surface area contributed by atoms with Crippen LogP contribution in [0.15, 0.2) is 28.7 Å². The Morgan fingerprint density at radius 3 is 2.76 bits per heavy atom. The van der Waals surface area contributed by atoms with Gasteiger partial charge in [0.1, 0.15) is 5.58 Å². The van der Waals surface area contributed by atoms with Gasteiger partial charge in [-0.05, 0) is 30.2 Å². The molecule has 5 nitrogen and oxygen atoms in total. The SMILES string of the molecule is C[C@@H]1CN(C(=O)c2cc3cc(Cl)ccc3o2)C[C@H]1C(=O)O. The summed E-state index contributed by atoms with van der Waals surface area (Å²) in [4.78, 5) is 25.1. The van der Waals surface area contributed by atoms with Crippen LogP contribution in [0.1, 0.15) is 17.5 Å². The summed E-state index contributed by atoms with van der Waals surface area (Å²) in [5.41, 5.74) is 0.588. The highest BCUT2D eigenvalue weighted by molar-refractivity contribution is 6.31. The Hall–Kier alpha value is -2.01. The number of fused-ring (bicyclic) bond motifs is 1. The van der Waals surface area contributed by atoms with Crippen molar-refractivity contribution in [3.05, 3.63) is 35.0 Å². The monoisotopic (exact) mass is 307 g/mol. The van der Waals surface area contributed by atoms with E-state index < -0.39 is 11.9 Å². The van der Waals surface area contributed by atoms with E-state index in [0.29, 0.717) is 17.2 Å². The van der Waals surface area contributed by atoms with Gasteiger partial charge in [0.25, 0.3) is 5.91 Å². The maximum atomic E-state index is 12.4. The van der Waals surface area contributed by atoms with E-state index in [9.17, 15) is 9.59 Å². The van der Waals surface area contributed by atoms with Crippen LogP contribution in [-0.2, 0) is 4.79 Å². The van der Waals surface area contributed by atoms with Crippen molar-refractivity contribution in [3.63, 3.8) is 0 Å². The standard InChI is InChI=1S/C15H14ClNO4/c1-8-6-17(7-11(8)15(19)20)14(18)13-5-9-4-10(16)2-3-12(9)21-13/h2-5,8,11H,6-7H2,1H3,(H,19,20)/t8-,11-/m1/s1. The number of aliphatic carboxylic acids is 1. The number of halogens is 1. The number of nitrogens with zero attached hydrogens (tertiary/aromatic N) is 1. The van der Waals surface area contributed by atoms with Gasteiger partial charge in [-0.1, -0.05) is 18.5 Å². The smallest absolute Gasteiger partial charge is 0.308 e. The van der Waals surface area contributed by atoms with Crippen LogP contribution in [-0.4, -0.2) is 35.0 Å². The lowest BCUT2D eigenvalue weighted by Gasteiger charge is -2.13. The van der Waals surface area contributed by atoms with Crippen LogP contribution in [0.25, 0.3) is 11.0 Å². The molecular weight excluding hydrogens is 294 g/mol. The third kappa shape index (κ3) is 2.49. The molecule has 1 amide bonds. The predicted molar refractivity (Wildman–Crippen MR) is 77.4 cm³/mol. The molecule has 0 bridgehead atoms. The number of likely N-dealkylation sites (tertiary alicyclic amines) is 1. The zero-order valence-electron chi connectivity index (χ0n) is 11.4. The minimum Gasteiger partial charge on any atom is -0.481 e. The van der Waals surface area contributed by atoms with Gasteiger partial charge in [-0.25, -0.2) is 0 Å². The molecule has 0 aliphatic carbocycles. The number of rotatable bonds is 2. The summed E-state index contributed by atoms with van der Waals surface area (Å²) in [6.45, 7) is 2.48. The summed E-state index contributed by atoms with van der Waals surface area (Å²) in [7, 11) is 0. The molecule has 2 heterocycles. The molecule has 0 spiro atoms. The first-order valence-electron chi connectivity index (χ1n) is 6.67. The van der Waals surface area contributed by atoms with Crippen molar-refractivity contribution < 1.29 is 19.1 Å². The van der Waals surface area contributed by atoms with Gasteiger partial charge in [0, 0.05) is 23.5 Å². The highest BCUT2D eigenvalue weighted by Gasteiger charge is 2.38. The molecule has 1 N–H and O–H groups in total. The molecule has 21 heavy (non-hydrogen) atoms. The van der Waals surface area contributed by atoms with Crippen molar-refractivity contribution in [2.75, 3.05) is 13.1 Å². The van der Waals surface area contributed by atoms with Crippen molar-refractivity contribution in [1.29, 1.82) is 0 Å². The van der Waals surface area contributed by atoms with Crippen LogP contribution in [0.3, 0.4) is 0 Å². The third-order valence-electron chi connectivity index (χ3n) is 3.91. The quantitative estimate of drug-likeness (QED) is 0.926. The van der Waals surface area contributed by atoms with E-state index in [1.807, 2.05) is 6.92 Å². The number of hydrogen-bond donors (Lipinski definition) is 1. The van der Waals surface area contributed by atoms with E-state index in [1.165, 1.54) is 4.90 Å². The van der Waals surface area contributed by atoms with Crippen molar-refractivity contribution in [2.45, 2.75) is 6.92 Å². The lowest BCUT2D eigenvalue weighted by molar-refractivity contribution is -0.142. The number of carboxylic acid groups (broad SMARTS) is 1. The second-order valence-corrected chi connectivity index (χ2v) is 5.86. The van der Waals surface area contributed by atoms with Gasteiger partial charge in [0.05, 0.1) is 5.92 Å². The van der Waals surface area contributed by atoms with E-state index in [-0.39, 0.29) is 24.1 Å². The Morgan fingerprint density at radius 2 is 2.10 bits per heavy atom. The Morgan fingerprint density at radius 1 is 1.33 bits per heavy atom. The summed E-state index contributed by atoms with van der Waals surface area (Å²) < 4.78 is 5.53. The lowest BCUT2D eigenvalue weighted by Crippen LogP contribution is -2.29. The first kappa shape index (κ1) is 13.9. The fourth-order valence-electron chi connectivity index (χ4n) is 2.73. The molecule has 1 aromatic carbocycles. The number of carbonyl (C=O) groups excluding carboxylic acids is 1. The summed E-state index contributed by atoms with van der Waals surface area (Å²) in [6, 6.07) is 6.77. The molecule has 110 valence electrons. The number of hydrogen-bond acceptors (Lipinski definition) is 3. The fraction of sp³-hybridized carbons (Fsp3) is 0.333. The number of amides is 1. The molecule has 3 rings (SSSR count). The normalized spacial score (nSPS) is 21.9. The molecule has 2 aromatic rings. The minimum absolute atomic E-state index is 0.0646. The molecule has 1 aliphatic heterocycles. The van der Waals surface area contributed by atoms with Crippen LogP contribution in [0.5, 0.6) is 0 Å². The average Bonchev–Trinajstić information content (AvgIpc) is 3.00. The molecule has 1 saturated heterocycles. The zero-order valence-corrected chi connectivity index (χ0v) is 12.1. The summed E-state index contributed by atoms with van der Waals surface area (Å²) >= 11 is 5.91. The number of benzene rings is 1. The Bertz CT molecular complexity index is 724. The molecule has 1 aromatic heterocycles. The van der Waals surface area contributed by atoms with Crippen LogP contribution in [0.2, 0.25) is 5.02 Å². The van der Waals surface area contributed by atoms with Gasteiger partial charge in [-0.15, -0.1) is 0 Å². The number of furan rings is 1. The molecule has 0 unspecified atom stereocenters. The first-order valence-corrected chi connectivity index (χ1v) is 7.04. The van der Waals surface area contributed by atoms with E-state index >= 15 is 0 Å². The Kier molecular flexibility index (Phi) is 3.37. The maximum absolute atomic E-state index is 12.4. The van der Waals surface area contributed by atoms with E-state index in [2.05, 4.69) is 0 Å². The predicted octanol–water partition coefficient (Wildman–Crippen LogP) is 2.88. The van der Waals surface area contributed by atoms with Gasteiger partial charge in [0.2, 0.25) is 0 Å². The molecule has 2 atom stereocenters. The van der Waals surface area contributed by atoms with Gasteiger partial charge in [0.15, 0.2) is 5.76 Å². The van der Waals surface area contributed by atoms with Crippen LogP contribution in [0.4, 0.5) is 0 Å². The van der Waals surface area contributed by atoms with E-state index in [1.54, 1.807) is 24.3 Å². The molecule has 1 fully saturated rings. The van der Waals surface area contributed by atoms with Gasteiger partial charge in [-0.2, -0.15) is 0 Å². The largest absolute Gasteiger partial charge is 0.481 e. The van der Waals surface area contributed by atoms with Crippen molar-refractivity contribution >= 4 is 34.4 Å². The zero-order chi connectivity index (χ0) is 15.1. The fourth-order valence-corrected chi connectivity index (χ4v) is 2.91. The van der Waals surface area contributed by atoms with Crippen LogP contribution < -0.4 is 0 Å². The summed E-state index contributed by atoms with van der Waals surface area (Å²) in [6.07, 6.45) is 0. The summed E-state index contributed by atoms with van der Waals surface area (Å²) in [5, 5.41) is 10.5. The number of carboxylic acids is 1.